The lowest BCUT2D eigenvalue weighted by atomic mass is 10.1. The van der Waals surface area contributed by atoms with Gasteiger partial charge in [-0.25, -0.2) is 4.79 Å². The molecule has 0 bridgehead atoms. The Morgan fingerprint density at radius 2 is 1.76 bits per heavy atom. The van der Waals surface area contributed by atoms with Gasteiger partial charge < -0.3 is 14.8 Å². The van der Waals surface area contributed by atoms with Gasteiger partial charge in [0.1, 0.15) is 11.8 Å². The number of carbonyl (C=O) groups is 2. The topological polar surface area (TPSA) is 64.6 Å². The molecule has 1 N–H and O–H groups in total. The molecule has 0 aliphatic carbocycles. The summed E-state index contributed by atoms with van der Waals surface area (Å²) >= 11 is 5.80. The average Bonchev–Trinajstić information content (AvgIpc) is 2.62. The highest BCUT2D eigenvalue weighted by Gasteiger charge is 2.22. The van der Waals surface area contributed by atoms with E-state index in [9.17, 15) is 9.59 Å². The van der Waals surface area contributed by atoms with E-state index in [0.29, 0.717) is 17.2 Å². The van der Waals surface area contributed by atoms with Crippen LogP contribution in [0.15, 0.2) is 54.6 Å². The van der Waals surface area contributed by atoms with E-state index in [1.807, 2.05) is 30.3 Å². The van der Waals surface area contributed by atoms with Gasteiger partial charge in [-0.1, -0.05) is 41.9 Å². The van der Waals surface area contributed by atoms with Crippen LogP contribution in [0, 0.1) is 0 Å². The van der Waals surface area contributed by atoms with Crippen molar-refractivity contribution in [3.63, 3.8) is 0 Å². The zero-order chi connectivity index (χ0) is 18.1. The number of nitrogens with one attached hydrogen (secondary N) is 1. The molecule has 1 amide bonds. The van der Waals surface area contributed by atoms with Gasteiger partial charge >= 0.3 is 5.97 Å². The lowest BCUT2D eigenvalue weighted by Gasteiger charge is -2.17. The molecule has 25 heavy (non-hydrogen) atoms. The largest absolute Gasteiger partial charge is 0.484 e. The second kappa shape index (κ2) is 9.69. The van der Waals surface area contributed by atoms with Crippen molar-refractivity contribution in [1.29, 1.82) is 0 Å². The number of halogens is 1. The second-order valence-corrected chi connectivity index (χ2v) is 5.74. The Morgan fingerprint density at radius 1 is 1.08 bits per heavy atom. The van der Waals surface area contributed by atoms with E-state index < -0.39 is 17.9 Å². The molecular weight excluding hydrogens is 342 g/mol. The maximum atomic E-state index is 12.1. The molecule has 0 saturated heterocycles. The third kappa shape index (κ3) is 6.47. The van der Waals surface area contributed by atoms with Gasteiger partial charge in [0.25, 0.3) is 5.91 Å². The van der Waals surface area contributed by atoms with E-state index in [0.717, 1.165) is 5.56 Å². The van der Waals surface area contributed by atoms with Gasteiger partial charge in [0.2, 0.25) is 0 Å². The zero-order valence-electron chi connectivity index (χ0n) is 13.9. The summed E-state index contributed by atoms with van der Waals surface area (Å²) in [6.07, 6.45) is 0.354. The normalized spacial score (nSPS) is 11.4. The molecule has 6 heteroatoms. The van der Waals surface area contributed by atoms with Crippen molar-refractivity contribution in [2.75, 3.05) is 13.2 Å². The number of hydrogen-bond acceptors (Lipinski definition) is 4. The van der Waals surface area contributed by atoms with E-state index in [1.54, 1.807) is 31.2 Å². The number of rotatable bonds is 8. The van der Waals surface area contributed by atoms with Crippen LogP contribution in [-0.4, -0.2) is 31.1 Å². The molecule has 5 nitrogen and oxygen atoms in total. The first kappa shape index (κ1) is 18.8. The molecule has 0 heterocycles. The van der Waals surface area contributed by atoms with Gasteiger partial charge in [0.15, 0.2) is 6.61 Å². The fraction of sp³-hybridized carbons (Fsp3) is 0.263. The van der Waals surface area contributed by atoms with E-state index in [2.05, 4.69) is 5.32 Å². The van der Waals surface area contributed by atoms with Crippen LogP contribution in [-0.2, 0) is 20.7 Å². The van der Waals surface area contributed by atoms with Crippen LogP contribution in [0.5, 0.6) is 5.75 Å². The van der Waals surface area contributed by atoms with Crippen molar-refractivity contribution in [3.05, 3.63) is 65.2 Å². The number of hydrogen-bond donors (Lipinski definition) is 1. The Hall–Kier alpha value is -2.53. The third-order valence-corrected chi connectivity index (χ3v) is 3.62. The molecular formula is C19H20ClNO4. The van der Waals surface area contributed by atoms with Gasteiger partial charge in [-0.3, -0.25) is 4.79 Å². The molecule has 1 unspecified atom stereocenters. The van der Waals surface area contributed by atoms with E-state index in [-0.39, 0.29) is 13.2 Å². The molecule has 0 saturated carbocycles. The van der Waals surface area contributed by atoms with Crippen LogP contribution in [0.25, 0.3) is 0 Å². The highest BCUT2D eigenvalue weighted by molar-refractivity contribution is 6.30. The highest BCUT2D eigenvalue weighted by atomic mass is 35.5. The predicted octanol–water partition coefficient (Wildman–Crippen LogP) is 3.01. The molecule has 0 radical (unpaired) electrons. The fourth-order valence-corrected chi connectivity index (χ4v) is 2.33. The number of esters is 1. The second-order valence-electron chi connectivity index (χ2n) is 5.30. The Morgan fingerprint density at radius 3 is 2.40 bits per heavy atom. The van der Waals surface area contributed by atoms with Gasteiger partial charge in [-0.2, -0.15) is 0 Å². The lowest BCUT2D eigenvalue weighted by Crippen LogP contribution is -2.45. The molecule has 2 aromatic rings. The summed E-state index contributed by atoms with van der Waals surface area (Å²) in [5, 5.41) is 3.25. The molecule has 2 rings (SSSR count). The SMILES string of the molecule is CCOC(=O)C(Cc1ccccc1)NC(=O)COc1ccc(Cl)cc1. The Labute approximate surface area is 151 Å². The van der Waals surface area contributed by atoms with Gasteiger partial charge in [0.05, 0.1) is 6.61 Å². The highest BCUT2D eigenvalue weighted by Crippen LogP contribution is 2.15. The van der Waals surface area contributed by atoms with Crippen molar-refractivity contribution >= 4 is 23.5 Å². The van der Waals surface area contributed by atoms with Crippen LogP contribution in [0.1, 0.15) is 12.5 Å². The van der Waals surface area contributed by atoms with Crippen LogP contribution in [0.3, 0.4) is 0 Å². The van der Waals surface area contributed by atoms with Gasteiger partial charge in [-0.05, 0) is 36.8 Å². The zero-order valence-corrected chi connectivity index (χ0v) is 14.7. The monoisotopic (exact) mass is 361 g/mol. The summed E-state index contributed by atoms with van der Waals surface area (Å²) in [6.45, 7) is 1.77. The smallest absolute Gasteiger partial charge is 0.328 e. The molecule has 0 aromatic heterocycles. The van der Waals surface area contributed by atoms with E-state index >= 15 is 0 Å². The van der Waals surface area contributed by atoms with Crippen molar-refractivity contribution < 1.29 is 19.1 Å². The maximum Gasteiger partial charge on any atom is 0.328 e. The van der Waals surface area contributed by atoms with Crippen LogP contribution < -0.4 is 10.1 Å². The molecule has 0 aliphatic rings. The minimum Gasteiger partial charge on any atom is -0.484 e. The first-order chi connectivity index (χ1) is 12.1. The summed E-state index contributed by atoms with van der Waals surface area (Å²) in [6, 6.07) is 15.4. The average molecular weight is 362 g/mol. The van der Waals surface area contributed by atoms with Crippen molar-refractivity contribution in [2.24, 2.45) is 0 Å². The van der Waals surface area contributed by atoms with Crippen LogP contribution >= 0.6 is 11.6 Å². The Balaban J connectivity index is 1.93. The summed E-state index contributed by atoms with van der Waals surface area (Å²) < 4.78 is 10.4. The molecule has 1 atom stereocenters. The quantitative estimate of drug-likeness (QED) is 0.734. The number of amides is 1. The molecule has 0 spiro atoms. The number of benzene rings is 2. The fourth-order valence-electron chi connectivity index (χ4n) is 2.20. The Bertz CT molecular complexity index is 688. The van der Waals surface area contributed by atoms with Crippen molar-refractivity contribution in [2.45, 2.75) is 19.4 Å². The van der Waals surface area contributed by atoms with Gasteiger partial charge in [0, 0.05) is 11.4 Å². The summed E-state index contributed by atoms with van der Waals surface area (Å²) in [4.78, 5) is 24.2. The minimum atomic E-state index is -0.760. The molecule has 0 fully saturated rings. The lowest BCUT2D eigenvalue weighted by molar-refractivity contribution is -0.147. The van der Waals surface area contributed by atoms with Crippen molar-refractivity contribution in [1.82, 2.24) is 5.32 Å². The molecule has 132 valence electrons. The summed E-state index contributed by atoms with van der Waals surface area (Å²) in [5.41, 5.74) is 0.930. The van der Waals surface area contributed by atoms with Crippen molar-refractivity contribution in [3.8, 4) is 5.75 Å². The number of carbonyl (C=O) groups excluding carboxylic acids is 2. The first-order valence-electron chi connectivity index (χ1n) is 7.96. The predicted molar refractivity (Wildman–Crippen MR) is 95.7 cm³/mol. The van der Waals surface area contributed by atoms with Crippen LogP contribution in [0.4, 0.5) is 0 Å². The first-order valence-corrected chi connectivity index (χ1v) is 8.34. The molecule has 0 aliphatic heterocycles. The Kier molecular flexibility index (Phi) is 7.29. The molecule has 2 aromatic carbocycles. The maximum absolute atomic E-state index is 12.1. The summed E-state index contributed by atoms with van der Waals surface area (Å²) in [5.74, 6) is -0.342. The van der Waals surface area contributed by atoms with Crippen LogP contribution in [0.2, 0.25) is 5.02 Å². The number of ether oxygens (including phenoxy) is 2. The third-order valence-electron chi connectivity index (χ3n) is 3.37. The standard InChI is InChI=1S/C19H20ClNO4/c1-2-24-19(23)17(12-14-6-4-3-5-7-14)21-18(22)13-25-16-10-8-15(20)9-11-16/h3-11,17H,2,12-13H2,1H3,(H,21,22). The van der Waals surface area contributed by atoms with Gasteiger partial charge in [-0.15, -0.1) is 0 Å². The van der Waals surface area contributed by atoms with E-state index in [4.69, 9.17) is 21.1 Å². The van der Waals surface area contributed by atoms with E-state index in [1.165, 1.54) is 0 Å². The minimum absolute atomic E-state index is 0.202. The summed E-state index contributed by atoms with van der Waals surface area (Å²) in [7, 11) is 0.